The summed E-state index contributed by atoms with van der Waals surface area (Å²) in [6.07, 6.45) is 7.96. The number of piperidine rings is 1. The molecular formula is C18H28N8. The second kappa shape index (κ2) is 8.27. The Labute approximate surface area is 155 Å². The van der Waals surface area contributed by atoms with Crippen LogP contribution in [0.15, 0.2) is 24.7 Å². The van der Waals surface area contributed by atoms with Gasteiger partial charge in [-0.25, -0.2) is 15.0 Å². The van der Waals surface area contributed by atoms with Gasteiger partial charge in [-0.15, -0.1) is 0 Å². The van der Waals surface area contributed by atoms with Crippen LogP contribution in [0.3, 0.4) is 0 Å². The van der Waals surface area contributed by atoms with Gasteiger partial charge in [-0.05, 0) is 25.5 Å². The molecule has 1 atom stereocenters. The lowest BCUT2D eigenvalue weighted by Crippen LogP contribution is -2.41. The molecule has 1 N–H and O–H groups in total. The number of hydrogen-bond acceptors (Lipinski definition) is 8. The first-order valence-corrected chi connectivity index (χ1v) is 8.99. The molecule has 0 aliphatic carbocycles. The highest BCUT2D eigenvalue weighted by atomic mass is 15.2. The maximum Gasteiger partial charge on any atom is 0.226 e. The van der Waals surface area contributed by atoms with E-state index in [0.29, 0.717) is 6.04 Å². The lowest BCUT2D eigenvalue weighted by atomic mass is 10.1. The lowest BCUT2D eigenvalue weighted by Gasteiger charge is -2.33. The van der Waals surface area contributed by atoms with Crippen LogP contribution in [0.25, 0.3) is 0 Å². The molecule has 26 heavy (non-hydrogen) atoms. The normalized spacial score (nSPS) is 17.8. The van der Waals surface area contributed by atoms with Crippen molar-refractivity contribution in [1.82, 2.24) is 24.8 Å². The Morgan fingerprint density at radius 1 is 1.08 bits per heavy atom. The summed E-state index contributed by atoms with van der Waals surface area (Å²) in [5.74, 6) is 2.35. The van der Waals surface area contributed by atoms with Gasteiger partial charge in [0.15, 0.2) is 0 Å². The number of aromatic nitrogens is 4. The molecule has 140 valence electrons. The van der Waals surface area contributed by atoms with Crippen LogP contribution >= 0.6 is 0 Å². The second-order valence-corrected chi connectivity index (χ2v) is 7.14. The number of nitrogens with zero attached hydrogens (tertiary/aromatic N) is 7. The van der Waals surface area contributed by atoms with Gasteiger partial charge >= 0.3 is 0 Å². The Balaban J connectivity index is 1.58. The van der Waals surface area contributed by atoms with Gasteiger partial charge in [0, 0.05) is 71.5 Å². The molecule has 1 aliphatic rings. The molecule has 3 rings (SSSR count). The van der Waals surface area contributed by atoms with E-state index in [4.69, 9.17) is 0 Å². The van der Waals surface area contributed by atoms with Crippen molar-refractivity contribution in [1.29, 1.82) is 0 Å². The summed E-state index contributed by atoms with van der Waals surface area (Å²) >= 11 is 0. The first-order chi connectivity index (χ1) is 12.5. The molecular weight excluding hydrogens is 328 g/mol. The van der Waals surface area contributed by atoms with Crippen LogP contribution in [0, 0.1) is 0 Å². The molecule has 8 heteroatoms. The van der Waals surface area contributed by atoms with Crippen molar-refractivity contribution in [2.24, 2.45) is 0 Å². The van der Waals surface area contributed by atoms with E-state index in [1.165, 1.54) is 6.42 Å². The summed E-state index contributed by atoms with van der Waals surface area (Å²) in [5, 5.41) is 3.56. The summed E-state index contributed by atoms with van der Waals surface area (Å²) in [4.78, 5) is 23.9. The van der Waals surface area contributed by atoms with Gasteiger partial charge in [0.2, 0.25) is 11.9 Å². The van der Waals surface area contributed by atoms with Gasteiger partial charge in [0.1, 0.15) is 5.82 Å². The van der Waals surface area contributed by atoms with Gasteiger partial charge in [0.25, 0.3) is 0 Å². The summed E-state index contributed by atoms with van der Waals surface area (Å²) < 4.78 is 0. The van der Waals surface area contributed by atoms with Crippen molar-refractivity contribution in [3.63, 3.8) is 0 Å². The fourth-order valence-electron chi connectivity index (χ4n) is 3.09. The van der Waals surface area contributed by atoms with Crippen molar-refractivity contribution in [3.05, 3.63) is 30.2 Å². The molecule has 1 aliphatic heterocycles. The summed E-state index contributed by atoms with van der Waals surface area (Å²) in [7, 11) is 7.80. The number of hydrogen-bond donors (Lipinski definition) is 1. The van der Waals surface area contributed by atoms with Gasteiger partial charge < -0.3 is 15.1 Å². The highest BCUT2D eigenvalue weighted by Crippen LogP contribution is 2.18. The van der Waals surface area contributed by atoms with Crippen LogP contribution < -0.4 is 15.1 Å². The lowest BCUT2D eigenvalue weighted by molar-refractivity contribution is 0.208. The second-order valence-electron chi connectivity index (χ2n) is 7.14. The molecule has 0 aromatic carbocycles. The topological polar surface area (TPSA) is 73.3 Å². The van der Waals surface area contributed by atoms with Crippen molar-refractivity contribution in [2.45, 2.75) is 25.4 Å². The Kier molecular flexibility index (Phi) is 5.82. The molecule has 0 bridgehead atoms. The van der Waals surface area contributed by atoms with E-state index < -0.39 is 0 Å². The molecule has 0 amide bonds. The Morgan fingerprint density at radius 2 is 1.81 bits per heavy atom. The monoisotopic (exact) mass is 356 g/mol. The Morgan fingerprint density at radius 3 is 2.50 bits per heavy atom. The first-order valence-electron chi connectivity index (χ1n) is 8.99. The first kappa shape index (κ1) is 18.3. The number of nitrogens with one attached hydrogen (secondary N) is 1. The smallest absolute Gasteiger partial charge is 0.226 e. The minimum Gasteiger partial charge on any atom is -0.366 e. The fourth-order valence-corrected chi connectivity index (χ4v) is 3.09. The average Bonchev–Trinajstić information content (AvgIpc) is 2.62. The van der Waals surface area contributed by atoms with E-state index in [0.717, 1.165) is 49.3 Å². The van der Waals surface area contributed by atoms with Gasteiger partial charge in [-0.3, -0.25) is 4.90 Å². The van der Waals surface area contributed by atoms with E-state index in [1.807, 2.05) is 56.5 Å². The van der Waals surface area contributed by atoms with Gasteiger partial charge in [-0.1, -0.05) is 0 Å². The number of rotatable bonds is 6. The molecule has 2 aromatic rings. The third-order valence-corrected chi connectivity index (χ3v) is 4.40. The number of likely N-dealkylation sites (tertiary alicyclic amines) is 1. The summed E-state index contributed by atoms with van der Waals surface area (Å²) in [6, 6.07) is 2.32. The molecule has 3 heterocycles. The van der Waals surface area contributed by atoms with Crippen LogP contribution in [0.5, 0.6) is 0 Å². The molecule has 0 saturated carbocycles. The van der Waals surface area contributed by atoms with Crippen LogP contribution in [0.1, 0.15) is 18.4 Å². The minimum absolute atomic E-state index is 0.385. The van der Waals surface area contributed by atoms with Crippen molar-refractivity contribution >= 4 is 17.7 Å². The average molecular weight is 356 g/mol. The predicted molar refractivity (Wildman–Crippen MR) is 105 cm³/mol. The molecule has 1 fully saturated rings. The maximum absolute atomic E-state index is 4.56. The van der Waals surface area contributed by atoms with Crippen LogP contribution in [0.4, 0.5) is 17.7 Å². The molecule has 1 unspecified atom stereocenters. The molecule has 0 spiro atoms. The highest BCUT2D eigenvalue weighted by Gasteiger charge is 2.20. The van der Waals surface area contributed by atoms with E-state index in [1.54, 1.807) is 6.20 Å². The van der Waals surface area contributed by atoms with Crippen molar-refractivity contribution in [3.8, 4) is 0 Å². The number of anilines is 3. The van der Waals surface area contributed by atoms with E-state index >= 15 is 0 Å². The van der Waals surface area contributed by atoms with Crippen LogP contribution in [0.2, 0.25) is 0 Å². The van der Waals surface area contributed by atoms with Crippen LogP contribution in [-0.4, -0.2) is 72.2 Å². The largest absolute Gasteiger partial charge is 0.366 e. The molecule has 2 aromatic heterocycles. The quantitative estimate of drug-likeness (QED) is 0.834. The van der Waals surface area contributed by atoms with E-state index in [9.17, 15) is 0 Å². The molecule has 8 nitrogen and oxygen atoms in total. The SMILES string of the molecule is CN(C)c1ncc(CN2CCCC(Nc3ccnc(N(C)C)n3)C2)cn1. The maximum atomic E-state index is 4.56. The molecule has 0 radical (unpaired) electrons. The fraction of sp³-hybridized carbons (Fsp3) is 0.556. The standard InChI is InChI=1S/C18H28N8/c1-24(2)17-20-10-14(11-21-17)12-26-9-5-6-15(13-26)22-16-7-8-19-18(23-16)25(3)4/h7-8,10-11,15H,5-6,9,12-13H2,1-4H3,(H,19,22,23). The summed E-state index contributed by atoms with van der Waals surface area (Å²) in [6.45, 7) is 2.95. The minimum atomic E-state index is 0.385. The summed E-state index contributed by atoms with van der Waals surface area (Å²) in [5.41, 5.74) is 1.15. The highest BCUT2D eigenvalue weighted by molar-refractivity contribution is 5.41. The van der Waals surface area contributed by atoms with Gasteiger partial charge in [0.05, 0.1) is 0 Å². The van der Waals surface area contributed by atoms with Crippen LogP contribution in [-0.2, 0) is 6.54 Å². The van der Waals surface area contributed by atoms with Crippen molar-refractivity contribution in [2.75, 3.05) is 56.4 Å². The predicted octanol–water partition coefficient (Wildman–Crippen LogP) is 1.48. The zero-order chi connectivity index (χ0) is 18.5. The third-order valence-electron chi connectivity index (χ3n) is 4.40. The zero-order valence-corrected chi connectivity index (χ0v) is 16.1. The van der Waals surface area contributed by atoms with Crippen molar-refractivity contribution < 1.29 is 0 Å². The molecule has 1 saturated heterocycles. The Hall–Kier alpha value is -2.48. The van der Waals surface area contributed by atoms with E-state index in [-0.39, 0.29) is 0 Å². The third kappa shape index (κ3) is 4.78. The zero-order valence-electron chi connectivity index (χ0n) is 16.1. The Bertz CT molecular complexity index is 701. The van der Waals surface area contributed by atoms with E-state index in [2.05, 4.69) is 30.2 Å². The van der Waals surface area contributed by atoms with Gasteiger partial charge in [-0.2, -0.15) is 4.98 Å².